The summed E-state index contributed by atoms with van der Waals surface area (Å²) >= 11 is 2.12. The topological polar surface area (TPSA) is 15.3 Å². The van der Waals surface area contributed by atoms with Gasteiger partial charge in [0.2, 0.25) is 0 Å². The number of rotatable bonds is 4. The van der Waals surface area contributed by atoms with Crippen LogP contribution in [0.4, 0.5) is 0 Å². The average molecular weight is 270 g/mol. The fraction of sp³-hybridized carbons (Fsp3) is 1.00. The second kappa shape index (κ2) is 6.15. The Morgan fingerprint density at radius 1 is 1.33 bits per heavy atom. The van der Waals surface area contributed by atoms with Crippen molar-refractivity contribution in [1.29, 1.82) is 0 Å². The maximum atomic E-state index is 3.61. The normalized spacial score (nSPS) is 36.2. The smallest absolute Gasteiger partial charge is 0.0191 e. The largest absolute Gasteiger partial charge is 0.316 e. The van der Waals surface area contributed by atoms with Crippen molar-refractivity contribution in [2.75, 3.05) is 32.1 Å². The third-order valence-corrected chi connectivity index (χ3v) is 6.22. The van der Waals surface area contributed by atoms with Crippen molar-refractivity contribution in [2.24, 2.45) is 11.3 Å². The first-order valence-corrected chi connectivity index (χ1v) is 8.65. The number of nitrogens with one attached hydrogen (secondary N) is 1. The van der Waals surface area contributed by atoms with Crippen LogP contribution in [-0.4, -0.2) is 49.1 Å². The van der Waals surface area contributed by atoms with Crippen LogP contribution in [-0.2, 0) is 0 Å². The summed E-state index contributed by atoms with van der Waals surface area (Å²) in [6, 6.07) is 1.51. The van der Waals surface area contributed by atoms with Gasteiger partial charge in [0.15, 0.2) is 0 Å². The molecule has 1 N–H and O–H groups in total. The Kier molecular flexibility index (Phi) is 5.01. The van der Waals surface area contributed by atoms with Gasteiger partial charge in [-0.2, -0.15) is 11.8 Å². The molecule has 2 fully saturated rings. The molecule has 1 aliphatic heterocycles. The van der Waals surface area contributed by atoms with E-state index >= 15 is 0 Å². The van der Waals surface area contributed by atoms with Gasteiger partial charge in [-0.3, -0.25) is 0 Å². The van der Waals surface area contributed by atoms with Crippen molar-refractivity contribution < 1.29 is 0 Å². The highest BCUT2D eigenvalue weighted by molar-refractivity contribution is 7.99. The molecule has 106 valence electrons. The van der Waals surface area contributed by atoms with Gasteiger partial charge >= 0.3 is 0 Å². The zero-order valence-electron chi connectivity index (χ0n) is 12.5. The minimum atomic E-state index is 0.461. The lowest BCUT2D eigenvalue weighted by atomic mass is 9.68. The predicted molar refractivity (Wildman–Crippen MR) is 82.3 cm³/mol. The van der Waals surface area contributed by atoms with Crippen molar-refractivity contribution in [1.82, 2.24) is 10.2 Å². The van der Waals surface area contributed by atoms with E-state index in [4.69, 9.17) is 0 Å². The summed E-state index contributed by atoms with van der Waals surface area (Å²) in [5.74, 6) is 3.53. The lowest BCUT2D eigenvalue weighted by molar-refractivity contribution is 0.0818. The van der Waals surface area contributed by atoms with Crippen LogP contribution in [0, 0.1) is 11.3 Å². The first-order valence-electron chi connectivity index (χ1n) is 7.50. The van der Waals surface area contributed by atoms with Gasteiger partial charge in [-0.05, 0) is 50.4 Å². The van der Waals surface area contributed by atoms with E-state index in [2.05, 4.69) is 49.9 Å². The highest BCUT2D eigenvalue weighted by Gasteiger charge is 2.38. The molecule has 0 bridgehead atoms. The van der Waals surface area contributed by atoms with Crippen LogP contribution in [0.25, 0.3) is 0 Å². The van der Waals surface area contributed by atoms with Crippen LogP contribution in [0.1, 0.15) is 39.5 Å². The van der Waals surface area contributed by atoms with E-state index < -0.39 is 0 Å². The Labute approximate surface area is 117 Å². The van der Waals surface area contributed by atoms with E-state index in [1.165, 1.54) is 43.7 Å². The fourth-order valence-electron chi connectivity index (χ4n) is 3.99. The minimum Gasteiger partial charge on any atom is -0.316 e. The number of hydrogen-bond acceptors (Lipinski definition) is 3. The van der Waals surface area contributed by atoms with Crippen LogP contribution in [0.5, 0.6) is 0 Å². The molecule has 3 unspecified atom stereocenters. The highest BCUT2D eigenvalue weighted by Crippen LogP contribution is 2.39. The lowest BCUT2D eigenvalue weighted by Crippen LogP contribution is -2.52. The van der Waals surface area contributed by atoms with Crippen LogP contribution in [0.2, 0.25) is 0 Å². The van der Waals surface area contributed by atoms with Gasteiger partial charge in [-0.25, -0.2) is 0 Å². The van der Waals surface area contributed by atoms with Crippen LogP contribution < -0.4 is 5.32 Å². The summed E-state index contributed by atoms with van der Waals surface area (Å²) in [5, 5.41) is 3.61. The van der Waals surface area contributed by atoms with Crippen molar-refractivity contribution in [3.8, 4) is 0 Å². The molecule has 0 amide bonds. The lowest BCUT2D eigenvalue weighted by Gasteiger charge is -2.45. The number of hydrogen-bond donors (Lipinski definition) is 1. The molecule has 1 heterocycles. The maximum Gasteiger partial charge on any atom is 0.0191 e. The Balaban J connectivity index is 1.93. The molecular formula is C15H30N2S. The Bertz CT molecular complexity index is 261. The first-order chi connectivity index (χ1) is 8.54. The molecule has 0 aromatic carbocycles. The third kappa shape index (κ3) is 3.23. The van der Waals surface area contributed by atoms with E-state index in [1.807, 2.05) is 0 Å². The summed E-state index contributed by atoms with van der Waals surface area (Å²) in [6.07, 6.45) is 5.57. The summed E-state index contributed by atoms with van der Waals surface area (Å²) in [6.45, 7) is 6.15. The molecule has 0 aromatic rings. The van der Waals surface area contributed by atoms with Gasteiger partial charge in [-0.1, -0.05) is 20.3 Å². The van der Waals surface area contributed by atoms with Gasteiger partial charge < -0.3 is 10.2 Å². The Morgan fingerprint density at radius 3 is 2.72 bits per heavy atom. The van der Waals surface area contributed by atoms with Gasteiger partial charge in [-0.15, -0.1) is 0 Å². The molecule has 2 rings (SSSR count). The standard InChI is InChI=1S/C15H30N2S/c1-15(2)8-5-6-12(14(15)16-3)10-17(4)13-7-9-18-11-13/h12-14,16H,5-11H2,1-4H3. The second-order valence-electron chi connectivity index (χ2n) is 6.86. The van der Waals surface area contributed by atoms with E-state index in [0.29, 0.717) is 11.5 Å². The maximum absolute atomic E-state index is 3.61. The molecular weight excluding hydrogens is 240 g/mol. The van der Waals surface area contributed by atoms with Gasteiger partial charge in [0, 0.05) is 24.4 Å². The third-order valence-electron chi connectivity index (χ3n) is 5.07. The summed E-state index contributed by atoms with van der Waals surface area (Å²) in [5.41, 5.74) is 0.461. The van der Waals surface area contributed by atoms with Crippen molar-refractivity contribution >= 4 is 11.8 Å². The molecule has 1 saturated heterocycles. The van der Waals surface area contributed by atoms with Crippen molar-refractivity contribution in [2.45, 2.75) is 51.6 Å². The highest BCUT2D eigenvalue weighted by atomic mass is 32.2. The van der Waals surface area contributed by atoms with Crippen LogP contribution in [0.15, 0.2) is 0 Å². The van der Waals surface area contributed by atoms with Crippen molar-refractivity contribution in [3.05, 3.63) is 0 Å². The summed E-state index contributed by atoms with van der Waals surface area (Å²) in [4.78, 5) is 2.64. The second-order valence-corrected chi connectivity index (χ2v) is 8.01. The quantitative estimate of drug-likeness (QED) is 0.846. The van der Waals surface area contributed by atoms with Crippen LogP contribution in [0.3, 0.4) is 0 Å². The Hall–Kier alpha value is 0.270. The fourth-order valence-corrected chi connectivity index (χ4v) is 5.29. The molecule has 0 aromatic heterocycles. The molecule has 3 atom stereocenters. The summed E-state index contributed by atoms with van der Waals surface area (Å²) in [7, 11) is 4.49. The van der Waals surface area contributed by atoms with Gasteiger partial charge in [0.05, 0.1) is 0 Å². The summed E-state index contributed by atoms with van der Waals surface area (Å²) < 4.78 is 0. The Morgan fingerprint density at radius 2 is 2.11 bits per heavy atom. The zero-order chi connectivity index (χ0) is 13.2. The molecule has 1 aliphatic carbocycles. The monoisotopic (exact) mass is 270 g/mol. The molecule has 1 saturated carbocycles. The molecule has 0 spiro atoms. The van der Waals surface area contributed by atoms with E-state index in [-0.39, 0.29) is 0 Å². The van der Waals surface area contributed by atoms with E-state index in [1.54, 1.807) is 0 Å². The number of nitrogens with zero attached hydrogens (tertiary/aromatic N) is 1. The minimum absolute atomic E-state index is 0.461. The average Bonchev–Trinajstić information content (AvgIpc) is 2.81. The number of thioether (sulfide) groups is 1. The van der Waals surface area contributed by atoms with E-state index in [9.17, 15) is 0 Å². The van der Waals surface area contributed by atoms with Gasteiger partial charge in [0.25, 0.3) is 0 Å². The predicted octanol–water partition coefficient (Wildman–Crippen LogP) is 2.84. The molecule has 2 aliphatic rings. The van der Waals surface area contributed by atoms with Crippen molar-refractivity contribution in [3.63, 3.8) is 0 Å². The molecule has 18 heavy (non-hydrogen) atoms. The molecule has 2 nitrogen and oxygen atoms in total. The van der Waals surface area contributed by atoms with Crippen LogP contribution >= 0.6 is 11.8 Å². The first kappa shape index (κ1) is 14.7. The SMILES string of the molecule is CNC1C(CN(C)C2CCSC2)CCCC1(C)C. The van der Waals surface area contributed by atoms with E-state index in [0.717, 1.165) is 12.0 Å². The molecule has 0 radical (unpaired) electrons. The zero-order valence-corrected chi connectivity index (χ0v) is 13.4. The molecule has 3 heteroatoms. The van der Waals surface area contributed by atoms with Gasteiger partial charge in [0.1, 0.15) is 0 Å².